The van der Waals surface area contributed by atoms with Crippen LogP contribution in [0.5, 0.6) is 0 Å². The first-order valence-electron chi connectivity index (χ1n) is 11.2. The van der Waals surface area contributed by atoms with Crippen molar-refractivity contribution < 1.29 is 14.3 Å². The predicted octanol–water partition coefficient (Wildman–Crippen LogP) is 3.77. The summed E-state index contributed by atoms with van der Waals surface area (Å²) in [5.41, 5.74) is 7.90. The normalized spacial score (nSPS) is 22.4. The second-order valence-corrected chi connectivity index (χ2v) is 9.13. The molecule has 2 unspecified atom stereocenters. The van der Waals surface area contributed by atoms with Gasteiger partial charge in [0.25, 0.3) is 0 Å². The zero-order valence-corrected chi connectivity index (χ0v) is 18.1. The summed E-state index contributed by atoms with van der Waals surface area (Å²) >= 11 is 0. The van der Waals surface area contributed by atoms with Crippen LogP contribution in [0, 0.1) is 5.92 Å². The quantitative estimate of drug-likeness (QED) is 0.820. The van der Waals surface area contributed by atoms with Crippen LogP contribution in [-0.2, 0) is 9.53 Å². The smallest absolute Gasteiger partial charge is 0.410 e. The molecule has 6 nitrogen and oxygen atoms in total. The Bertz CT molecular complexity index is 946. The fraction of sp³-hybridized carbons (Fsp3) is 0.440. The first-order valence-corrected chi connectivity index (χ1v) is 11.2. The van der Waals surface area contributed by atoms with Crippen LogP contribution in [-0.4, -0.2) is 53.7 Å². The van der Waals surface area contributed by atoms with Crippen molar-refractivity contribution in [3.63, 3.8) is 0 Å². The van der Waals surface area contributed by atoms with Crippen LogP contribution < -0.4 is 5.43 Å². The number of nitrogens with zero attached hydrogens (tertiary/aromatic N) is 2. The number of carbonyl (C=O) groups is 2. The molecule has 0 spiro atoms. The third-order valence-corrected chi connectivity index (χ3v) is 6.82. The Morgan fingerprint density at radius 3 is 2.06 bits per heavy atom. The number of hydrazine groups is 1. The third-order valence-electron chi connectivity index (χ3n) is 6.82. The Hall–Kier alpha value is -2.86. The Morgan fingerprint density at radius 2 is 1.52 bits per heavy atom. The summed E-state index contributed by atoms with van der Waals surface area (Å²) in [7, 11) is 0. The highest BCUT2D eigenvalue weighted by atomic mass is 16.6. The average Bonchev–Trinajstić information content (AvgIpc) is 3.23. The lowest BCUT2D eigenvalue weighted by molar-refractivity contribution is -0.130. The average molecular weight is 420 g/mol. The van der Waals surface area contributed by atoms with Crippen molar-refractivity contribution >= 4 is 12.0 Å². The maximum absolute atomic E-state index is 13.1. The van der Waals surface area contributed by atoms with E-state index in [0.29, 0.717) is 19.7 Å². The number of carbonyl (C=O) groups excluding carboxylic acids is 2. The van der Waals surface area contributed by atoms with E-state index in [4.69, 9.17) is 4.74 Å². The van der Waals surface area contributed by atoms with Gasteiger partial charge in [-0.05, 0) is 35.1 Å². The van der Waals surface area contributed by atoms with E-state index >= 15 is 0 Å². The summed E-state index contributed by atoms with van der Waals surface area (Å²) in [6, 6.07) is 16.9. The second-order valence-electron chi connectivity index (χ2n) is 9.13. The molecule has 1 N–H and O–H groups in total. The predicted molar refractivity (Wildman–Crippen MR) is 118 cm³/mol. The number of fused-ring (bicyclic) bond motifs is 5. The van der Waals surface area contributed by atoms with Gasteiger partial charge in [-0.3, -0.25) is 15.1 Å². The van der Waals surface area contributed by atoms with E-state index in [9.17, 15) is 9.59 Å². The molecule has 2 aromatic rings. The van der Waals surface area contributed by atoms with E-state index in [2.05, 4.69) is 41.8 Å². The SMILES string of the molecule is CC(C)C(=O)NN1CC2CCC(C1)N2C(=O)OCC1c2ccccc2-c2ccccc21. The standard InChI is InChI=1S/C25H29N3O3/c1-16(2)24(29)26-27-13-17-11-12-18(14-27)28(17)25(30)31-15-23-21-9-5-3-7-19(21)20-8-4-6-10-22(20)23/h3-10,16-18,23H,11-15H2,1-2H3,(H,26,29). The molecular formula is C25H29N3O3. The van der Waals surface area contributed by atoms with Gasteiger partial charge >= 0.3 is 6.09 Å². The highest BCUT2D eigenvalue weighted by molar-refractivity contribution is 5.79. The molecule has 1 aliphatic carbocycles. The van der Waals surface area contributed by atoms with Gasteiger partial charge in [0.05, 0.1) is 12.1 Å². The Balaban J connectivity index is 1.26. The lowest BCUT2D eigenvalue weighted by Crippen LogP contribution is -2.60. The Morgan fingerprint density at radius 1 is 0.968 bits per heavy atom. The largest absolute Gasteiger partial charge is 0.448 e. The maximum Gasteiger partial charge on any atom is 0.410 e. The highest BCUT2D eigenvalue weighted by Gasteiger charge is 2.44. The van der Waals surface area contributed by atoms with Crippen LogP contribution in [0.1, 0.15) is 43.7 Å². The summed E-state index contributed by atoms with van der Waals surface area (Å²) in [4.78, 5) is 27.0. The topological polar surface area (TPSA) is 61.9 Å². The van der Waals surface area contributed by atoms with Crippen molar-refractivity contribution in [2.24, 2.45) is 5.92 Å². The molecule has 3 aliphatic rings. The molecule has 2 aliphatic heterocycles. The van der Waals surface area contributed by atoms with E-state index < -0.39 is 0 Å². The molecule has 0 aromatic heterocycles. The van der Waals surface area contributed by atoms with Crippen LogP contribution in [0.15, 0.2) is 48.5 Å². The van der Waals surface area contributed by atoms with E-state index in [-0.39, 0.29) is 35.9 Å². The number of benzene rings is 2. The Labute approximate surface area is 183 Å². The molecule has 162 valence electrons. The van der Waals surface area contributed by atoms with Gasteiger partial charge in [-0.15, -0.1) is 0 Å². The Kier molecular flexibility index (Phi) is 5.18. The maximum atomic E-state index is 13.1. The zero-order chi connectivity index (χ0) is 21.5. The van der Waals surface area contributed by atoms with Crippen LogP contribution in [0.2, 0.25) is 0 Å². The fourth-order valence-corrected chi connectivity index (χ4v) is 5.25. The number of rotatable bonds is 4. The van der Waals surface area contributed by atoms with Gasteiger partial charge in [0.2, 0.25) is 5.91 Å². The van der Waals surface area contributed by atoms with Crippen molar-refractivity contribution in [1.29, 1.82) is 0 Å². The van der Waals surface area contributed by atoms with Crippen LogP contribution in [0.25, 0.3) is 11.1 Å². The molecule has 2 fully saturated rings. The van der Waals surface area contributed by atoms with E-state index in [1.54, 1.807) is 0 Å². The summed E-state index contributed by atoms with van der Waals surface area (Å²) in [5, 5.41) is 1.97. The molecule has 5 rings (SSSR count). The van der Waals surface area contributed by atoms with Gasteiger partial charge in [0.15, 0.2) is 0 Å². The van der Waals surface area contributed by atoms with Gasteiger partial charge in [-0.1, -0.05) is 62.4 Å². The van der Waals surface area contributed by atoms with Crippen molar-refractivity contribution in [2.75, 3.05) is 19.7 Å². The van der Waals surface area contributed by atoms with Crippen molar-refractivity contribution in [1.82, 2.24) is 15.3 Å². The summed E-state index contributed by atoms with van der Waals surface area (Å²) < 4.78 is 5.90. The molecule has 2 bridgehead atoms. The van der Waals surface area contributed by atoms with Crippen LogP contribution in [0.3, 0.4) is 0 Å². The molecule has 0 radical (unpaired) electrons. The second kappa shape index (κ2) is 8.00. The van der Waals surface area contributed by atoms with Crippen molar-refractivity contribution in [3.8, 4) is 11.1 Å². The molecule has 6 heteroatoms. The number of amides is 2. The molecule has 2 atom stereocenters. The van der Waals surface area contributed by atoms with Gasteiger partial charge in [0, 0.05) is 24.9 Å². The lowest BCUT2D eigenvalue weighted by atomic mass is 9.98. The summed E-state index contributed by atoms with van der Waals surface area (Å²) in [6.45, 7) is 5.42. The molecule has 2 amide bonds. The minimum absolute atomic E-state index is 0.0222. The number of nitrogens with one attached hydrogen (secondary N) is 1. The minimum Gasteiger partial charge on any atom is -0.448 e. The van der Waals surface area contributed by atoms with Gasteiger partial charge in [-0.2, -0.15) is 0 Å². The summed E-state index contributed by atoms with van der Waals surface area (Å²) in [5.74, 6) is 0.0347. The first-order chi connectivity index (χ1) is 15.0. The molecule has 2 aromatic carbocycles. The number of hydrogen-bond donors (Lipinski definition) is 1. The number of ether oxygens (including phenoxy) is 1. The van der Waals surface area contributed by atoms with E-state index in [0.717, 1.165) is 12.8 Å². The number of piperazine rings is 1. The molecule has 0 saturated carbocycles. The van der Waals surface area contributed by atoms with Gasteiger partial charge in [0.1, 0.15) is 6.61 Å². The molecule has 2 heterocycles. The van der Waals surface area contributed by atoms with Crippen LogP contribution >= 0.6 is 0 Å². The van der Waals surface area contributed by atoms with Crippen LogP contribution in [0.4, 0.5) is 4.79 Å². The first kappa shape index (κ1) is 20.1. The monoisotopic (exact) mass is 419 g/mol. The number of hydrogen-bond acceptors (Lipinski definition) is 4. The molecule has 31 heavy (non-hydrogen) atoms. The zero-order valence-electron chi connectivity index (χ0n) is 18.1. The minimum atomic E-state index is -0.232. The molecule has 2 saturated heterocycles. The molecular weight excluding hydrogens is 390 g/mol. The highest BCUT2D eigenvalue weighted by Crippen LogP contribution is 2.44. The van der Waals surface area contributed by atoms with Crippen molar-refractivity contribution in [2.45, 2.75) is 44.7 Å². The van der Waals surface area contributed by atoms with Crippen molar-refractivity contribution in [3.05, 3.63) is 59.7 Å². The lowest BCUT2D eigenvalue weighted by Gasteiger charge is -2.40. The van der Waals surface area contributed by atoms with E-state index in [1.165, 1.54) is 22.3 Å². The van der Waals surface area contributed by atoms with E-state index in [1.807, 2.05) is 35.9 Å². The van der Waals surface area contributed by atoms with Gasteiger partial charge < -0.3 is 4.74 Å². The van der Waals surface area contributed by atoms with Gasteiger partial charge in [-0.25, -0.2) is 9.80 Å². The summed E-state index contributed by atoms with van der Waals surface area (Å²) in [6.07, 6.45) is 1.66. The third kappa shape index (κ3) is 3.59. The fourth-order valence-electron chi connectivity index (χ4n) is 5.25.